The third kappa shape index (κ3) is 4.07. The molecule has 102 valence electrons. The number of nitriles is 1. The molecule has 0 saturated carbocycles. The summed E-state index contributed by atoms with van der Waals surface area (Å²) in [5.74, 6) is 0.818. The van der Waals surface area contributed by atoms with E-state index in [1.807, 2.05) is 0 Å². The van der Waals surface area contributed by atoms with Crippen LogP contribution in [0, 0.1) is 16.7 Å². The minimum absolute atomic E-state index is 0.138. The average Bonchev–Trinajstić information content (AvgIpc) is 2.65. The maximum Gasteiger partial charge on any atom is 0.141 e. The van der Waals surface area contributed by atoms with Crippen LogP contribution in [-0.4, -0.2) is 10.3 Å². The van der Waals surface area contributed by atoms with Gasteiger partial charge in [0.15, 0.2) is 0 Å². The lowest BCUT2D eigenvalue weighted by atomic mass is 9.97. The van der Waals surface area contributed by atoms with E-state index in [1.54, 1.807) is 13.0 Å². The van der Waals surface area contributed by atoms with Crippen molar-refractivity contribution in [3.8, 4) is 6.07 Å². The van der Waals surface area contributed by atoms with Crippen molar-refractivity contribution in [1.82, 2.24) is 4.57 Å². The van der Waals surface area contributed by atoms with Crippen molar-refractivity contribution in [1.29, 1.82) is 5.26 Å². The third-order valence-corrected chi connectivity index (χ3v) is 3.18. The summed E-state index contributed by atoms with van der Waals surface area (Å²) in [6.07, 6.45) is 1.79. The van der Waals surface area contributed by atoms with Crippen LogP contribution in [0.3, 0.4) is 0 Å². The van der Waals surface area contributed by atoms with E-state index < -0.39 is 0 Å². The number of aromatic nitrogens is 1. The minimum atomic E-state index is 0.138. The Labute approximate surface area is 123 Å². The molecular weight excluding hydrogens is 302 g/mol. The topological polar surface area (TPSA) is 41.1 Å². The zero-order valence-electron chi connectivity index (χ0n) is 12.0. The van der Waals surface area contributed by atoms with Crippen LogP contribution < -0.4 is 0 Å². The number of halogens is 1. The van der Waals surface area contributed by atoms with Crippen molar-refractivity contribution < 1.29 is 0 Å². The van der Waals surface area contributed by atoms with Crippen molar-refractivity contribution in [2.75, 3.05) is 0 Å². The number of hydrogen-bond acceptors (Lipinski definition) is 2. The van der Waals surface area contributed by atoms with E-state index in [2.05, 4.69) is 65.0 Å². The monoisotopic (exact) mass is 321 g/mol. The van der Waals surface area contributed by atoms with E-state index in [9.17, 15) is 0 Å². The normalized spacial score (nSPS) is 12.3. The van der Waals surface area contributed by atoms with Crippen molar-refractivity contribution >= 4 is 33.5 Å². The highest BCUT2D eigenvalue weighted by Gasteiger charge is 2.18. The van der Waals surface area contributed by atoms with Gasteiger partial charge >= 0.3 is 0 Å². The fraction of sp³-hybridized carbons (Fsp3) is 0.467. The first kappa shape index (κ1) is 15.7. The van der Waals surface area contributed by atoms with Crippen LogP contribution in [0.15, 0.2) is 17.6 Å². The third-order valence-electron chi connectivity index (χ3n) is 2.61. The maximum atomic E-state index is 8.92. The molecule has 4 heteroatoms. The molecule has 0 N–H and O–H groups in total. The Bertz CT molecular complexity index is 539. The van der Waals surface area contributed by atoms with Crippen LogP contribution in [0.5, 0.6) is 0 Å². The Morgan fingerprint density at radius 3 is 2.63 bits per heavy atom. The molecule has 0 amide bonds. The van der Waals surface area contributed by atoms with Gasteiger partial charge in [-0.3, -0.25) is 0 Å². The SMILES string of the molecule is C=Cc1cc(CBr)n(CC(C)(C)C)c1/N=C(\C)C#N. The number of alkyl halides is 1. The summed E-state index contributed by atoms with van der Waals surface area (Å²) in [6, 6.07) is 4.14. The summed E-state index contributed by atoms with van der Waals surface area (Å²) in [5.41, 5.74) is 2.71. The molecule has 0 aliphatic rings. The molecule has 0 fully saturated rings. The van der Waals surface area contributed by atoms with Crippen LogP contribution in [0.2, 0.25) is 0 Å². The highest BCUT2D eigenvalue weighted by Crippen LogP contribution is 2.31. The smallest absolute Gasteiger partial charge is 0.141 e. The van der Waals surface area contributed by atoms with Gasteiger partial charge in [0.2, 0.25) is 0 Å². The lowest BCUT2D eigenvalue weighted by molar-refractivity contribution is 0.342. The van der Waals surface area contributed by atoms with Crippen LogP contribution >= 0.6 is 15.9 Å². The Hall–Kier alpha value is -1.34. The van der Waals surface area contributed by atoms with Gasteiger partial charge in [-0.2, -0.15) is 5.26 Å². The quantitative estimate of drug-likeness (QED) is 0.586. The van der Waals surface area contributed by atoms with Crippen LogP contribution in [-0.2, 0) is 11.9 Å². The molecule has 3 nitrogen and oxygen atoms in total. The number of hydrogen-bond donors (Lipinski definition) is 0. The highest BCUT2D eigenvalue weighted by molar-refractivity contribution is 9.08. The van der Waals surface area contributed by atoms with Gasteiger partial charge in [0.25, 0.3) is 0 Å². The van der Waals surface area contributed by atoms with Gasteiger partial charge in [0, 0.05) is 23.1 Å². The van der Waals surface area contributed by atoms with Gasteiger partial charge in [-0.15, -0.1) is 0 Å². The fourth-order valence-electron chi connectivity index (χ4n) is 1.83. The summed E-state index contributed by atoms with van der Waals surface area (Å²) in [4.78, 5) is 4.43. The molecule has 0 aliphatic heterocycles. The van der Waals surface area contributed by atoms with E-state index >= 15 is 0 Å². The van der Waals surface area contributed by atoms with Crippen molar-refractivity contribution in [2.45, 2.75) is 39.6 Å². The van der Waals surface area contributed by atoms with Gasteiger partial charge in [0.1, 0.15) is 17.6 Å². The van der Waals surface area contributed by atoms with E-state index in [4.69, 9.17) is 5.26 Å². The highest BCUT2D eigenvalue weighted by atomic mass is 79.9. The summed E-state index contributed by atoms with van der Waals surface area (Å²) in [7, 11) is 0. The van der Waals surface area contributed by atoms with Gasteiger partial charge < -0.3 is 4.57 Å². The summed E-state index contributed by atoms with van der Waals surface area (Å²) < 4.78 is 2.16. The first-order valence-corrected chi connectivity index (χ1v) is 7.30. The lowest BCUT2D eigenvalue weighted by Crippen LogP contribution is -2.16. The first-order chi connectivity index (χ1) is 8.82. The molecule has 1 aromatic heterocycles. The van der Waals surface area contributed by atoms with Gasteiger partial charge in [-0.05, 0) is 18.4 Å². The second kappa shape index (κ2) is 6.21. The molecule has 0 aromatic carbocycles. The fourth-order valence-corrected chi connectivity index (χ4v) is 2.30. The largest absolute Gasteiger partial charge is 0.328 e. The van der Waals surface area contributed by atoms with Crippen molar-refractivity contribution in [3.05, 3.63) is 23.9 Å². The summed E-state index contributed by atoms with van der Waals surface area (Å²) >= 11 is 3.51. The predicted octanol–water partition coefficient (Wildman–Crippen LogP) is 4.69. The van der Waals surface area contributed by atoms with Crippen molar-refractivity contribution in [2.24, 2.45) is 10.4 Å². The average molecular weight is 322 g/mol. The standard InChI is InChI=1S/C15H20BrN3/c1-6-12-7-13(8-16)19(10-15(3,4)5)14(12)18-11(2)9-17/h6-7H,1,8,10H2,2-5H3/b18-11+. The summed E-state index contributed by atoms with van der Waals surface area (Å²) in [6.45, 7) is 12.9. The van der Waals surface area contributed by atoms with E-state index in [0.29, 0.717) is 5.71 Å². The molecular formula is C15H20BrN3. The predicted molar refractivity (Wildman–Crippen MR) is 85.0 cm³/mol. The van der Waals surface area contributed by atoms with Gasteiger partial charge in [0.05, 0.1) is 0 Å². The number of nitrogens with zero attached hydrogens (tertiary/aromatic N) is 3. The molecule has 1 heterocycles. The molecule has 1 aromatic rings. The molecule has 0 bridgehead atoms. The van der Waals surface area contributed by atoms with E-state index in [-0.39, 0.29) is 5.41 Å². The molecule has 0 radical (unpaired) electrons. The van der Waals surface area contributed by atoms with Gasteiger partial charge in [-0.25, -0.2) is 4.99 Å². The Balaban J connectivity index is 3.44. The Kier molecular flexibility index (Phi) is 5.13. The maximum absolute atomic E-state index is 8.92. The minimum Gasteiger partial charge on any atom is -0.328 e. The lowest BCUT2D eigenvalue weighted by Gasteiger charge is -2.22. The zero-order chi connectivity index (χ0) is 14.6. The molecule has 19 heavy (non-hydrogen) atoms. The molecule has 0 unspecified atom stereocenters. The molecule has 0 saturated heterocycles. The van der Waals surface area contributed by atoms with E-state index in [1.165, 1.54) is 0 Å². The van der Waals surface area contributed by atoms with Crippen LogP contribution in [0.25, 0.3) is 6.08 Å². The number of rotatable bonds is 4. The summed E-state index contributed by atoms with van der Waals surface area (Å²) in [5, 5.41) is 9.68. The molecule has 0 aliphatic carbocycles. The second-order valence-electron chi connectivity index (χ2n) is 5.71. The first-order valence-electron chi connectivity index (χ1n) is 6.18. The van der Waals surface area contributed by atoms with Crippen LogP contribution in [0.1, 0.15) is 39.0 Å². The van der Waals surface area contributed by atoms with Gasteiger partial charge in [-0.1, -0.05) is 49.4 Å². The Morgan fingerprint density at radius 2 is 2.21 bits per heavy atom. The Morgan fingerprint density at radius 1 is 1.58 bits per heavy atom. The zero-order valence-corrected chi connectivity index (χ0v) is 13.6. The molecule has 0 atom stereocenters. The second-order valence-corrected chi connectivity index (χ2v) is 6.27. The van der Waals surface area contributed by atoms with E-state index in [0.717, 1.165) is 29.0 Å². The molecule has 0 spiro atoms. The number of aliphatic imine (C=N–C) groups is 1. The van der Waals surface area contributed by atoms with Crippen molar-refractivity contribution in [3.63, 3.8) is 0 Å². The van der Waals surface area contributed by atoms with Crippen LogP contribution in [0.4, 0.5) is 5.82 Å². The molecule has 1 rings (SSSR count).